The van der Waals surface area contributed by atoms with E-state index in [1.54, 1.807) is 0 Å². The van der Waals surface area contributed by atoms with Crippen LogP contribution in [-0.4, -0.2) is 22.6 Å². The third-order valence-electron chi connectivity index (χ3n) is 2.95. The number of halogens is 1. The fourth-order valence-electron chi connectivity index (χ4n) is 1.95. The van der Waals surface area contributed by atoms with E-state index in [2.05, 4.69) is 61.7 Å². The summed E-state index contributed by atoms with van der Waals surface area (Å²) in [5, 5.41) is 3.30. The minimum atomic E-state index is 0.611. The van der Waals surface area contributed by atoms with Crippen LogP contribution in [-0.2, 0) is 0 Å². The summed E-state index contributed by atoms with van der Waals surface area (Å²) < 4.78 is 3.44. The lowest BCUT2D eigenvalue weighted by molar-refractivity contribution is 0.435. The van der Waals surface area contributed by atoms with E-state index in [0.717, 1.165) is 13.1 Å². The second-order valence-corrected chi connectivity index (χ2v) is 5.27. The lowest BCUT2D eigenvalue weighted by Gasteiger charge is -2.27. The zero-order valence-electron chi connectivity index (χ0n) is 8.73. The minimum absolute atomic E-state index is 0.611. The molecule has 0 unspecified atom stereocenters. The van der Waals surface area contributed by atoms with Crippen molar-refractivity contribution in [2.24, 2.45) is 0 Å². The first kappa shape index (κ1) is 10.3. The first-order chi connectivity index (χ1) is 7.84. The van der Waals surface area contributed by atoms with Gasteiger partial charge in [-0.25, -0.2) is 4.98 Å². The Hall–Kier alpha value is -0.880. The van der Waals surface area contributed by atoms with Crippen molar-refractivity contribution in [1.29, 1.82) is 0 Å². The molecule has 82 valence electrons. The van der Waals surface area contributed by atoms with E-state index in [4.69, 9.17) is 0 Å². The molecular formula is C12H12IN3. The smallest absolute Gasteiger partial charge is 0.0994 e. The number of benzene rings is 1. The molecule has 16 heavy (non-hydrogen) atoms. The molecule has 1 aromatic heterocycles. The second kappa shape index (κ2) is 4.18. The number of rotatable bonds is 2. The van der Waals surface area contributed by atoms with Crippen molar-refractivity contribution in [2.45, 2.75) is 5.92 Å². The maximum absolute atomic E-state index is 4.26. The summed E-state index contributed by atoms with van der Waals surface area (Å²) in [5.74, 6) is 0.611. The van der Waals surface area contributed by atoms with Gasteiger partial charge in [0.25, 0.3) is 0 Å². The standard InChI is InChI=1S/C12H12IN3/c13-10-2-1-3-11(4-10)16-8-15-7-12(16)9-5-14-6-9/h1-4,7-9,14H,5-6H2. The molecule has 1 aromatic carbocycles. The molecule has 0 atom stereocenters. The molecule has 1 aliphatic heterocycles. The molecule has 0 aliphatic carbocycles. The molecule has 4 heteroatoms. The fourth-order valence-corrected chi connectivity index (χ4v) is 2.47. The van der Waals surface area contributed by atoms with Crippen molar-refractivity contribution >= 4 is 22.6 Å². The topological polar surface area (TPSA) is 29.9 Å². The van der Waals surface area contributed by atoms with Crippen LogP contribution in [0, 0.1) is 3.57 Å². The Labute approximate surface area is 108 Å². The van der Waals surface area contributed by atoms with Gasteiger partial charge in [0.05, 0.1) is 6.33 Å². The molecule has 2 aromatic rings. The van der Waals surface area contributed by atoms with Gasteiger partial charge in [-0.3, -0.25) is 0 Å². The highest BCUT2D eigenvalue weighted by molar-refractivity contribution is 14.1. The van der Waals surface area contributed by atoms with Gasteiger partial charge in [0.1, 0.15) is 0 Å². The minimum Gasteiger partial charge on any atom is -0.315 e. The highest BCUT2D eigenvalue weighted by atomic mass is 127. The number of nitrogens with zero attached hydrogens (tertiary/aromatic N) is 2. The second-order valence-electron chi connectivity index (χ2n) is 4.02. The Morgan fingerprint density at radius 2 is 2.25 bits per heavy atom. The molecule has 1 aliphatic rings. The van der Waals surface area contributed by atoms with E-state index in [0.29, 0.717) is 5.92 Å². The molecule has 3 nitrogen and oxygen atoms in total. The molecule has 0 saturated carbocycles. The summed E-state index contributed by atoms with van der Waals surface area (Å²) >= 11 is 2.34. The first-order valence-corrected chi connectivity index (χ1v) is 6.41. The van der Waals surface area contributed by atoms with Gasteiger partial charge < -0.3 is 9.88 Å². The van der Waals surface area contributed by atoms with Crippen LogP contribution in [0.25, 0.3) is 5.69 Å². The Kier molecular flexibility index (Phi) is 2.69. The van der Waals surface area contributed by atoms with Crippen molar-refractivity contribution < 1.29 is 0 Å². The largest absolute Gasteiger partial charge is 0.315 e. The average Bonchev–Trinajstić information content (AvgIpc) is 2.64. The van der Waals surface area contributed by atoms with Gasteiger partial charge in [-0.05, 0) is 40.8 Å². The molecule has 1 saturated heterocycles. The summed E-state index contributed by atoms with van der Waals surface area (Å²) in [7, 11) is 0. The van der Waals surface area contributed by atoms with Crippen LogP contribution in [0.3, 0.4) is 0 Å². The molecule has 0 spiro atoms. The monoisotopic (exact) mass is 325 g/mol. The van der Waals surface area contributed by atoms with Crippen LogP contribution in [0.15, 0.2) is 36.8 Å². The SMILES string of the molecule is Ic1cccc(-n2cncc2C2CNC2)c1. The summed E-state index contributed by atoms with van der Waals surface area (Å²) in [4.78, 5) is 4.26. The van der Waals surface area contributed by atoms with Crippen LogP contribution >= 0.6 is 22.6 Å². The quantitative estimate of drug-likeness (QED) is 0.858. The van der Waals surface area contributed by atoms with Gasteiger partial charge in [-0.15, -0.1) is 0 Å². The lowest BCUT2D eigenvalue weighted by atomic mass is 10.00. The Balaban J connectivity index is 2.02. The predicted molar refractivity (Wildman–Crippen MR) is 71.9 cm³/mol. The zero-order valence-corrected chi connectivity index (χ0v) is 10.9. The zero-order chi connectivity index (χ0) is 11.0. The van der Waals surface area contributed by atoms with E-state index in [-0.39, 0.29) is 0 Å². The number of hydrogen-bond donors (Lipinski definition) is 1. The molecule has 2 heterocycles. The summed E-state index contributed by atoms with van der Waals surface area (Å²) in [5.41, 5.74) is 2.51. The normalized spacial score (nSPS) is 16.1. The highest BCUT2D eigenvalue weighted by Crippen LogP contribution is 2.23. The molecule has 0 amide bonds. The summed E-state index contributed by atoms with van der Waals surface area (Å²) in [6, 6.07) is 8.49. The van der Waals surface area contributed by atoms with Crippen molar-refractivity contribution in [3.05, 3.63) is 46.1 Å². The van der Waals surface area contributed by atoms with Crippen molar-refractivity contribution in [2.75, 3.05) is 13.1 Å². The molecule has 0 radical (unpaired) electrons. The molecule has 1 fully saturated rings. The maximum Gasteiger partial charge on any atom is 0.0994 e. The van der Waals surface area contributed by atoms with E-state index < -0.39 is 0 Å². The van der Waals surface area contributed by atoms with E-state index in [9.17, 15) is 0 Å². The average molecular weight is 325 g/mol. The van der Waals surface area contributed by atoms with Gasteiger partial charge in [-0.2, -0.15) is 0 Å². The number of aromatic nitrogens is 2. The van der Waals surface area contributed by atoms with Crippen molar-refractivity contribution in [1.82, 2.24) is 14.9 Å². The van der Waals surface area contributed by atoms with Crippen LogP contribution < -0.4 is 5.32 Å². The Morgan fingerprint density at radius 3 is 2.94 bits per heavy atom. The third-order valence-corrected chi connectivity index (χ3v) is 3.62. The van der Waals surface area contributed by atoms with Crippen molar-refractivity contribution in [3.8, 4) is 5.69 Å². The lowest BCUT2D eigenvalue weighted by Crippen LogP contribution is -2.40. The molecule has 0 bridgehead atoms. The molecular weight excluding hydrogens is 313 g/mol. The maximum atomic E-state index is 4.26. The van der Waals surface area contributed by atoms with Crippen LogP contribution in [0.1, 0.15) is 11.6 Å². The van der Waals surface area contributed by atoms with Crippen LogP contribution in [0.5, 0.6) is 0 Å². The Morgan fingerprint density at radius 1 is 1.38 bits per heavy atom. The first-order valence-electron chi connectivity index (χ1n) is 5.33. The van der Waals surface area contributed by atoms with E-state index in [1.807, 2.05) is 12.5 Å². The van der Waals surface area contributed by atoms with E-state index >= 15 is 0 Å². The van der Waals surface area contributed by atoms with Gasteiger partial charge in [0.2, 0.25) is 0 Å². The molecule has 3 rings (SSSR count). The third kappa shape index (κ3) is 1.76. The van der Waals surface area contributed by atoms with Gasteiger partial charge >= 0.3 is 0 Å². The number of nitrogens with one attached hydrogen (secondary N) is 1. The number of hydrogen-bond acceptors (Lipinski definition) is 2. The predicted octanol–water partition coefficient (Wildman–Crippen LogP) is 2.16. The summed E-state index contributed by atoms with van der Waals surface area (Å²) in [6.45, 7) is 2.13. The van der Waals surface area contributed by atoms with E-state index in [1.165, 1.54) is 15.0 Å². The fraction of sp³-hybridized carbons (Fsp3) is 0.250. The van der Waals surface area contributed by atoms with Crippen LogP contribution in [0.4, 0.5) is 0 Å². The highest BCUT2D eigenvalue weighted by Gasteiger charge is 2.22. The Bertz CT molecular complexity index is 502. The number of imidazole rings is 1. The van der Waals surface area contributed by atoms with Crippen LogP contribution in [0.2, 0.25) is 0 Å². The van der Waals surface area contributed by atoms with Crippen molar-refractivity contribution in [3.63, 3.8) is 0 Å². The van der Waals surface area contributed by atoms with Gasteiger partial charge in [0, 0.05) is 40.2 Å². The van der Waals surface area contributed by atoms with Gasteiger partial charge in [0.15, 0.2) is 0 Å². The van der Waals surface area contributed by atoms with Gasteiger partial charge in [-0.1, -0.05) is 6.07 Å². The summed E-state index contributed by atoms with van der Waals surface area (Å²) in [6.07, 6.45) is 3.88. The molecule has 1 N–H and O–H groups in total.